The van der Waals surface area contributed by atoms with E-state index in [2.05, 4.69) is 22.9 Å². The van der Waals surface area contributed by atoms with Crippen molar-refractivity contribution in [2.75, 3.05) is 0 Å². The van der Waals surface area contributed by atoms with Crippen LogP contribution < -0.4 is 0 Å². The Labute approximate surface area is 135 Å². The predicted molar refractivity (Wildman–Crippen MR) is 87.8 cm³/mol. The third-order valence-corrected chi connectivity index (χ3v) is 5.03. The van der Waals surface area contributed by atoms with Gasteiger partial charge in [-0.2, -0.15) is 0 Å². The first kappa shape index (κ1) is 16.7. The molecular formula is C18H24BrFO. The van der Waals surface area contributed by atoms with E-state index in [4.69, 9.17) is 0 Å². The molecule has 1 aliphatic rings. The zero-order chi connectivity index (χ0) is 15.2. The van der Waals surface area contributed by atoms with E-state index in [-0.39, 0.29) is 17.5 Å². The lowest BCUT2D eigenvalue weighted by Crippen LogP contribution is -2.23. The van der Waals surface area contributed by atoms with E-state index in [0.29, 0.717) is 10.9 Å². The molecule has 0 spiro atoms. The topological polar surface area (TPSA) is 17.1 Å². The standard InChI is InChI=1S/C18H24BrFO/c1-2-3-4-13-5-7-15(8-6-13)18(21)11-14-9-16(19)12-17(20)10-14/h9-10,12-13,15H,2-8,11H2,1H3. The van der Waals surface area contributed by atoms with Crippen LogP contribution in [-0.4, -0.2) is 5.78 Å². The number of rotatable bonds is 6. The Bertz CT molecular complexity index is 458. The Balaban J connectivity index is 1.84. The second-order valence-corrected chi connectivity index (χ2v) is 7.20. The van der Waals surface area contributed by atoms with Crippen molar-refractivity contribution in [1.29, 1.82) is 0 Å². The zero-order valence-electron chi connectivity index (χ0n) is 12.7. The van der Waals surface area contributed by atoms with Crippen LogP contribution in [0.4, 0.5) is 4.39 Å². The van der Waals surface area contributed by atoms with Crippen LogP contribution in [0.1, 0.15) is 57.4 Å². The minimum atomic E-state index is -0.282. The van der Waals surface area contributed by atoms with Crippen LogP contribution in [-0.2, 0) is 11.2 Å². The number of carbonyl (C=O) groups is 1. The molecule has 0 radical (unpaired) electrons. The number of hydrogen-bond acceptors (Lipinski definition) is 1. The Morgan fingerprint density at radius 2 is 1.95 bits per heavy atom. The largest absolute Gasteiger partial charge is 0.299 e. The second kappa shape index (κ2) is 8.07. The number of hydrogen-bond donors (Lipinski definition) is 0. The van der Waals surface area contributed by atoms with Crippen molar-refractivity contribution in [2.24, 2.45) is 11.8 Å². The van der Waals surface area contributed by atoms with E-state index in [1.807, 2.05) is 6.07 Å². The number of carbonyl (C=O) groups excluding carboxylic acids is 1. The molecule has 1 aliphatic carbocycles. The van der Waals surface area contributed by atoms with Crippen molar-refractivity contribution in [3.05, 3.63) is 34.1 Å². The molecule has 0 heterocycles. The van der Waals surface area contributed by atoms with Crippen LogP contribution in [0.2, 0.25) is 0 Å². The summed E-state index contributed by atoms with van der Waals surface area (Å²) in [6, 6.07) is 4.73. The molecule has 0 aromatic heterocycles. The molecule has 1 fully saturated rings. The normalized spacial score (nSPS) is 22.2. The van der Waals surface area contributed by atoms with Gasteiger partial charge in [0.15, 0.2) is 0 Å². The molecule has 0 bridgehead atoms. The van der Waals surface area contributed by atoms with Crippen LogP contribution in [0.25, 0.3) is 0 Å². The van der Waals surface area contributed by atoms with Crippen molar-refractivity contribution >= 4 is 21.7 Å². The zero-order valence-corrected chi connectivity index (χ0v) is 14.3. The van der Waals surface area contributed by atoms with Gasteiger partial charge in [-0.3, -0.25) is 4.79 Å². The summed E-state index contributed by atoms with van der Waals surface area (Å²) in [5, 5.41) is 0. The highest BCUT2D eigenvalue weighted by Gasteiger charge is 2.25. The van der Waals surface area contributed by atoms with Gasteiger partial charge >= 0.3 is 0 Å². The summed E-state index contributed by atoms with van der Waals surface area (Å²) in [7, 11) is 0. The fourth-order valence-corrected chi connectivity index (χ4v) is 3.84. The Hall–Kier alpha value is -0.700. The molecule has 1 aromatic carbocycles. The fourth-order valence-electron chi connectivity index (χ4n) is 3.32. The molecule has 0 aliphatic heterocycles. The molecule has 21 heavy (non-hydrogen) atoms. The minimum Gasteiger partial charge on any atom is -0.299 e. The highest BCUT2D eigenvalue weighted by molar-refractivity contribution is 9.10. The molecular weight excluding hydrogens is 331 g/mol. The first-order chi connectivity index (χ1) is 10.1. The molecule has 3 heteroatoms. The summed E-state index contributed by atoms with van der Waals surface area (Å²) >= 11 is 3.28. The summed E-state index contributed by atoms with van der Waals surface area (Å²) in [6.45, 7) is 2.23. The summed E-state index contributed by atoms with van der Waals surface area (Å²) < 4.78 is 14.1. The van der Waals surface area contributed by atoms with Gasteiger partial charge in [-0.15, -0.1) is 0 Å². The second-order valence-electron chi connectivity index (χ2n) is 6.28. The molecule has 116 valence electrons. The Morgan fingerprint density at radius 3 is 2.57 bits per heavy atom. The van der Waals surface area contributed by atoms with Gasteiger partial charge in [0.05, 0.1) is 0 Å². The molecule has 0 unspecified atom stereocenters. The van der Waals surface area contributed by atoms with Gasteiger partial charge in [0.2, 0.25) is 0 Å². The quantitative estimate of drug-likeness (QED) is 0.640. The van der Waals surface area contributed by atoms with E-state index < -0.39 is 0 Å². The lowest BCUT2D eigenvalue weighted by Gasteiger charge is -2.27. The lowest BCUT2D eigenvalue weighted by molar-refractivity contribution is -0.123. The average molecular weight is 355 g/mol. The van der Waals surface area contributed by atoms with Gasteiger partial charge in [-0.1, -0.05) is 42.1 Å². The summed E-state index contributed by atoms with van der Waals surface area (Å²) in [6.07, 6.45) is 8.64. The number of benzene rings is 1. The highest BCUT2D eigenvalue weighted by Crippen LogP contribution is 2.33. The summed E-state index contributed by atoms with van der Waals surface area (Å²) in [5.74, 6) is 0.999. The fraction of sp³-hybridized carbons (Fsp3) is 0.611. The van der Waals surface area contributed by atoms with Crippen LogP contribution in [0.5, 0.6) is 0 Å². The van der Waals surface area contributed by atoms with Crippen molar-refractivity contribution in [3.63, 3.8) is 0 Å². The van der Waals surface area contributed by atoms with Crippen molar-refractivity contribution in [2.45, 2.75) is 58.3 Å². The number of Topliss-reactive ketones (excluding diaryl/α,β-unsaturated/α-hetero) is 1. The van der Waals surface area contributed by atoms with E-state index in [9.17, 15) is 9.18 Å². The van der Waals surface area contributed by atoms with E-state index in [1.54, 1.807) is 0 Å². The lowest BCUT2D eigenvalue weighted by atomic mass is 9.77. The molecule has 1 aromatic rings. The molecule has 0 atom stereocenters. The van der Waals surface area contributed by atoms with Crippen molar-refractivity contribution in [3.8, 4) is 0 Å². The molecule has 1 nitrogen and oxygen atoms in total. The molecule has 0 saturated heterocycles. The maximum Gasteiger partial charge on any atom is 0.140 e. The van der Waals surface area contributed by atoms with Gasteiger partial charge in [0.25, 0.3) is 0 Å². The third kappa shape index (κ3) is 5.21. The first-order valence-electron chi connectivity index (χ1n) is 8.06. The maximum absolute atomic E-state index is 13.3. The summed E-state index contributed by atoms with van der Waals surface area (Å²) in [5.41, 5.74) is 0.778. The number of unbranched alkanes of at least 4 members (excludes halogenated alkanes) is 1. The SMILES string of the molecule is CCCCC1CCC(C(=O)Cc2cc(F)cc(Br)c2)CC1. The Morgan fingerprint density at radius 1 is 1.24 bits per heavy atom. The van der Waals surface area contributed by atoms with E-state index in [1.165, 1.54) is 44.2 Å². The third-order valence-electron chi connectivity index (χ3n) is 4.57. The first-order valence-corrected chi connectivity index (χ1v) is 8.85. The van der Waals surface area contributed by atoms with E-state index >= 15 is 0 Å². The minimum absolute atomic E-state index is 0.185. The van der Waals surface area contributed by atoms with Crippen LogP contribution >= 0.6 is 15.9 Å². The van der Waals surface area contributed by atoms with E-state index in [0.717, 1.165) is 24.3 Å². The molecule has 1 saturated carbocycles. The van der Waals surface area contributed by atoms with Crippen LogP contribution in [0.15, 0.2) is 22.7 Å². The molecule has 2 rings (SSSR count). The predicted octanol–water partition coefficient (Wildman–Crippen LogP) is 5.70. The number of halogens is 2. The average Bonchev–Trinajstić information content (AvgIpc) is 2.44. The van der Waals surface area contributed by atoms with Crippen LogP contribution in [0.3, 0.4) is 0 Å². The van der Waals surface area contributed by atoms with Gasteiger partial charge in [-0.25, -0.2) is 4.39 Å². The molecule has 0 N–H and O–H groups in total. The van der Waals surface area contributed by atoms with Gasteiger partial charge < -0.3 is 0 Å². The van der Waals surface area contributed by atoms with Gasteiger partial charge in [0.1, 0.15) is 11.6 Å². The number of ketones is 1. The van der Waals surface area contributed by atoms with Gasteiger partial charge in [-0.05, 0) is 55.4 Å². The molecule has 0 amide bonds. The van der Waals surface area contributed by atoms with Crippen molar-refractivity contribution < 1.29 is 9.18 Å². The maximum atomic E-state index is 13.3. The summed E-state index contributed by atoms with van der Waals surface area (Å²) in [4.78, 5) is 12.4. The highest BCUT2D eigenvalue weighted by atomic mass is 79.9. The van der Waals surface area contributed by atoms with Gasteiger partial charge in [0, 0.05) is 16.8 Å². The van der Waals surface area contributed by atoms with Crippen LogP contribution in [0, 0.1) is 17.7 Å². The monoisotopic (exact) mass is 354 g/mol. The van der Waals surface area contributed by atoms with Crippen molar-refractivity contribution in [1.82, 2.24) is 0 Å². The smallest absolute Gasteiger partial charge is 0.140 e. The Kier molecular flexibility index (Phi) is 6.40.